The SMILES string of the molecule is O=C(NC1CCOC2(CCSCC2)C1)c1cc(-c2ccccc2)nc2onc(C3CC3)c12. The Kier molecular flexibility index (Phi) is 5.18. The number of aromatic nitrogens is 2. The zero-order valence-electron chi connectivity index (χ0n) is 18.0. The molecule has 1 saturated carbocycles. The van der Waals surface area contributed by atoms with Crippen molar-refractivity contribution >= 4 is 28.8 Å². The maximum absolute atomic E-state index is 13.6. The topological polar surface area (TPSA) is 77.2 Å². The van der Waals surface area contributed by atoms with E-state index in [9.17, 15) is 4.79 Å². The molecule has 6 rings (SSSR count). The molecule has 4 heterocycles. The third-order valence-corrected chi connectivity index (χ3v) is 7.97. The molecule has 3 aromatic rings. The highest BCUT2D eigenvalue weighted by atomic mass is 32.2. The first-order chi connectivity index (χ1) is 15.7. The normalized spacial score (nSPS) is 22.8. The van der Waals surface area contributed by atoms with E-state index in [-0.39, 0.29) is 17.6 Å². The number of benzene rings is 1. The lowest BCUT2D eigenvalue weighted by molar-refractivity contribution is -0.0918. The summed E-state index contributed by atoms with van der Waals surface area (Å²) in [6.45, 7) is 0.706. The number of thioether (sulfide) groups is 1. The smallest absolute Gasteiger partial charge is 0.259 e. The van der Waals surface area contributed by atoms with Gasteiger partial charge in [-0.25, -0.2) is 4.98 Å². The Morgan fingerprint density at radius 3 is 2.72 bits per heavy atom. The first kappa shape index (κ1) is 20.2. The summed E-state index contributed by atoms with van der Waals surface area (Å²) in [7, 11) is 0. The molecule has 3 aliphatic rings. The van der Waals surface area contributed by atoms with Crippen LogP contribution in [0.4, 0.5) is 0 Å². The summed E-state index contributed by atoms with van der Waals surface area (Å²) in [5.74, 6) is 2.58. The highest BCUT2D eigenvalue weighted by Gasteiger charge is 2.39. The van der Waals surface area contributed by atoms with Gasteiger partial charge in [-0.3, -0.25) is 4.79 Å². The van der Waals surface area contributed by atoms with E-state index in [1.165, 1.54) is 0 Å². The largest absolute Gasteiger partial charge is 0.375 e. The molecule has 3 fully saturated rings. The Labute approximate surface area is 191 Å². The van der Waals surface area contributed by atoms with E-state index in [1.54, 1.807) is 0 Å². The standard InChI is InChI=1S/C25H27N3O3S/c29-23(26-18-8-11-30-25(15-18)9-12-32-13-10-25)19-14-20(16-4-2-1-3-5-16)27-24-21(19)22(28-31-24)17-6-7-17/h1-5,14,17-18H,6-13,15H2,(H,26,29). The minimum atomic E-state index is -0.0689. The van der Waals surface area contributed by atoms with Crippen LogP contribution in [0.25, 0.3) is 22.4 Å². The van der Waals surface area contributed by atoms with Crippen LogP contribution in [0, 0.1) is 0 Å². The molecule has 1 aliphatic carbocycles. The second-order valence-corrected chi connectivity index (χ2v) is 10.5. The van der Waals surface area contributed by atoms with Gasteiger partial charge < -0.3 is 14.6 Å². The van der Waals surface area contributed by atoms with Gasteiger partial charge in [0.25, 0.3) is 11.6 Å². The summed E-state index contributed by atoms with van der Waals surface area (Å²) >= 11 is 1.99. The number of amides is 1. The molecule has 166 valence electrons. The van der Waals surface area contributed by atoms with E-state index < -0.39 is 0 Å². The number of hydrogen-bond donors (Lipinski definition) is 1. The van der Waals surface area contributed by atoms with Crippen LogP contribution in [-0.2, 0) is 4.74 Å². The van der Waals surface area contributed by atoms with E-state index in [0.29, 0.717) is 23.8 Å². The molecule has 1 unspecified atom stereocenters. The van der Waals surface area contributed by atoms with Crippen LogP contribution in [0.2, 0.25) is 0 Å². The van der Waals surface area contributed by atoms with Crippen molar-refractivity contribution in [1.82, 2.24) is 15.5 Å². The maximum atomic E-state index is 13.6. The number of nitrogens with one attached hydrogen (secondary N) is 1. The van der Waals surface area contributed by atoms with Crippen molar-refractivity contribution in [3.05, 3.63) is 47.7 Å². The lowest BCUT2D eigenvalue weighted by Gasteiger charge is -2.43. The molecular weight excluding hydrogens is 422 g/mol. The van der Waals surface area contributed by atoms with E-state index in [1.807, 2.05) is 48.2 Å². The fourth-order valence-corrected chi connectivity index (χ4v) is 6.29. The molecule has 1 amide bonds. The zero-order valence-corrected chi connectivity index (χ0v) is 18.8. The number of hydrogen-bond acceptors (Lipinski definition) is 6. The third kappa shape index (κ3) is 3.82. The van der Waals surface area contributed by atoms with Gasteiger partial charge in [0.05, 0.1) is 27.9 Å². The van der Waals surface area contributed by atoms with Gasteiger partial charge in [-0.05, 0) is 56.1 Å². The average Bonchev–Trinajstić information content (AvgIpc) is 3.58. The van der Waals surface area contributed by atoms with Gasteiger partial charge in [0.15, 0.2) is 0 Å². The van der Waals surface area contributed by atoms with Gasteiger partial charge in [-0.2, -0.15) is 11.8 Å². The highest BCUT2D eigenvalue weighted by Crippen LogP contribution is 2.44. The fraction of sp³-hybridized carbons (Fsp3) is 0.480. The molecule has 2 aliphatic heterocycles. The monoisotopic (exact) mass is 449 g/mol. The van der Waals surface area contributed by atoms with Crippen molar-refractivity contribution in [2.45, 2.75) is 56.1 Å². The molecule has 1 spiro atoms. The number of nitrogens with zero attached hydrogens (tertiary/aromatic N) is 2. The van der Waals surface area contributed by atoms with Crippen molar-refractivity contribution in [1.29, 1.82) is 0 Å². The summed E-state index contributed by atoms with van der Waals surface area (Å²) in [6, 6.07) is 11.9. The Morgan fingerprint density at radius 1 is 1.12 bits per heavy atom. The van der Waals surface area contributed by atoms with Crippen molar-refractivity contribution < 1.29 is 14.1 Å². The van der Waals surface area contributed by atoms with E-state index in [0.717, 1.165) is 72.4 Å². The molecule has 1 atom stereocenters. The Hall–Kier alpha value is -2.38. The second kappa shape index (κ2) is 8.19. The molecule has 0 bridgehead atoms. The van der Waals surface area contributed by atoms with Crippen LogP contribution in [0.15, 0.2) is 40.9 Å². The molecule has 6 nitrogen and oxygen atoms in total. The molecule has 0 radical (unpaired) electrons. The van der Waals surface area contributed by atoms with Crippen molar-refractivity contribution in [3.63, 3.8) is 0 Å². The van der Waals surface area contributed by atoms with Gasteiger partial charge in [0, 0.05) is 24.1 Å². The summed E-state index contributed by atoms with van der Waals surface area (Å²) in [4.78, 5) is 18.3. The molecule has 2 saturated heterocycles. The maximum Gasteiger partial charge on any atom is 0.259 e. The van der Waals surface area contributed by atoms with Crippen LogP contribution in [-0.4, -0.2) is 45.8 Å². The minimum Gasteiger partial charge on any atom is -0.375 e. The predicted octanol–water partition coefficient (Wildman–Crippen LogP) is 4.94. The number of fused-ring (bicyclic) bond motifs is 1. The Balaban J connectivity index is 1.34. The molecule has 32 heavy (non-hydrogen) atoms. The second-order valence-electron chi connectivity index (χ2n) is 9.25. The number of ether oxygens (including phenoxy) is 1. The number of pyridine rings is 1. The zero-order chi connectivity index (χ0) is 21.5. The Bertz CT molecular complexity index is 1130. The van der Waals surface area contributed by atoms with Gasteiger partial charge >= 0.3 is 0 Å². The number of carbonyl (C=O) groups is 1. The number of carbonyl (C=O) groups excluding carboxylic acids is 1. The van der Waals surface area contributed by atoms with E-state index >= 15 is 0 Å². The lowest BCUT2D eigenvalue weighted by Crippen LogP contribution is -2.50. The molecule has 1 N–H and O–H groups in total. The van der Waals surface area contributed by atoms with Crippen molar-refractivity contribution in [2.75, 3.05) is 18.1 Å². The third-order valence-electron chi connectivity index (χ3n) is 6.98. The van der Waals surface area contributed by atoms with Gasteiger partial charge in [-0.15, -0.1) is 0 Å². The van der Waals surface area contributed by atoms with Crippen LogP contribution in [0.5, 0.6) is 0 Å². The van der Waals surface area contributed by atoms with Gasteiger partial charge in [-0.1, -0.05) is 35.5 Å². The summed E-state index contributed by atoms with van der Waals surface area (Å²) in [5, 5.41) is 8.42. The molecule has 7 heteroatoms. The molecular formula is C25H27N3O3S. The van der Waals surface area contributed by atoms with Crippen LogP contribution in [0.3, 0.4) is 0 Å². The van der Waals surface area contributed by atoms with E-state index in [2.05, 4.69) is 10.5 Å². The van der Waals surface area contributed by atoms with Gasteiger partial charge in [0.2, 0.25) is 0 Å². The van der Waals surface area contributed by atoms with Crippen LogP contribution >= 0.6 is 11.8 Å². The van der Waals surface area contributed by atoms with Crippen LogP contribution < -0.4 is 5.32 Å². The van der Waals surface area contributed by atoms with Gasteiger partial charge in [0.1, 0.15) is 0 Å². The average molecular weight is 450 g/mol. The van der Waals surface area contributed by atoms with Crippen molar-refractivity contribution in [3.8, 4) is 11.3 Å². The van der Waals surface area contributed by atoms with Crippen LogP contribution in [0.1, 0.15) is 60.5 Å². The quantitative estimate of drug-likeness (QED) is 0.608. The first-order valence-corrected chi connectivity index (χ1v) is 12.7. The molecule has 1 aromatic carbocycles. The molecule has 2 aromatic heterocycles. The lowest BCUT2D eigenvalue weighted by atomic mass is 9.85. The summed E-state index contributed by atoms with van der Waals surface area (Å²) in [6.07, 6.45) is 6.04. The first-order valence-electron chi connectivity index (χ1n) is 11.6. The summed E-state index contributed by atoms with van der Waals surface area (Å²) in [5.41, 5.74) is 3.57. The van der Waals surface area contributed by atoms with E-state index in [4.69, 9.17) is 14.2 Å². The predicted molar refractivity (Wildman–Crippen MR) is 125 cm³/mol. The fourth-order valence-electron chi connectivity index (χ4n) is 5.05. The van der Waals surface area contributed by atoms with Crippen molar-refractivity contribution in [2.24, 2.45) is 0 Å². The highest BCUT2D eigenvalue weighted by molar-refractivity contribution is 7.99. The minimum absolute atomic E-state index is 0.0630. The Morgan fingerprint density at radius 2 is 1.94 bits per heavy atom. The number of rotatable bonds is 4. The summed E-state index contributed by atoms with van der Waals surface area (Å²) < 4.78 is 11.8.